The van der Waals surface area contributed by atoms with Gasteiger partial charge in [0.1, 0.15) is 34.5 Å². The van der Waals surface area contributed by atoms with Crippen molar-refractivity contribution in [1.82, 2.24) is 0 Å². The molecule has 0 fully saturated rings. The predicted octanol–water partition coefficient (Wildman–Crippen LogP) is 21.2. The van der Waals surface area contributed by atoms with Gasteiger partial charge >= 0.3 is 17.2 Å². The normalized spacial score (nSPS) is 16.9. The highest BCUT2D eigenvalue weighted by Crippen LogP contribution is 2.57. The van der Waals surface area contributed by atoms with Crippen LogP contribution in [0.3, 0.4) is 0 Å². The first-order chi connectivity index (χ1) is 37.0. The molecule has 6 aliphatic rings. The largest absolute Gasteiger partial charge is 0.530 e. The molecule has 0 saturated carbocycles. The Hall–Kier alpha value is -5.02. The highest BCUT2D eigenvalue weighted by Gasteiger charge is 2.39. The van der Waals surface area contributed by atoms with Gasteiger partial charge in [0.2, 0.25) is 0 Å². The molecule has 0 spiro atoms. The number of rotatable bonds is 4. The molecule has 0 amide bonds. The van der Waals surface area contributed by atoms with E-state index in [0.717, 1.165) is 95.7 Å². The quantitative estimate of drug-likeness (QED) is 0.164. The fourth-order valence-corrected chi connectivity index (χ4v) is 13.7. The highest BCUT2D eigenvalue weighted by atomic mass is 31.2. The van der Waals surface area contributed by atoms with Gasteiger partial charge in [-0.25, -0.2) is 0 Å². The minimum Gasteiger partial charge on any atom is -0.408 e. The number of hydrogen-bond acceptors (Lipinski definition) is 6. The molecule has 6 aromatic rings. The molecule has 0 atom stereocenters. The minimum absolute atomic E-state index is 0.0579. The lowest BCUT2D eigenvalue weighted by Gasteiger charge is -2.34. The molecular formula is C73H96O6P2. The van der Waals surface area contributed by atoms with Gasteiger partial charge in [-0.05, 0) is 129 Å². The van der Waals surface area contributed by atoms with E-state index in [-0.39, 0.29) is 43.3 Å². The second-order valence-electron chi connectivity index (χ2n) is 32.1. The van der Waals surface area contributed by atoms with Crippen LogP contribution >= 0.6 is 17.2 Å². The maximum Gasteiger partial charge on any atom is 0.530 e. The Balaban J connectivity index is 1.41. The summed E-state index contributed by atoms with van der Waals surface area (Å²) in [6, 6.07) is 30.3. The summed E-state index contributed by atoms with van der Waals surface area (Å²) in [5.74, 6) is 4.76. The van der Waals surface area contributed by atoms with Crippen LogP contribution in [-0.2, 0) is 69.0 Å². The molecule has 1 aliphatic carbocycles. The summed E-state index contributed by atoms with van der Waals surface area (Å²) >= 11 is 0. The monoisotopic (exact) mass is 1130 g/mol. The molecule has 0 aromatic heterocycles. The van der Waals surface area contributed by atoms with Gasteiger partial charge in [-0.3, -0.25) is 0 Å². The summed E-state index contributed by atoms with van der Waals surface area (Å²) in [4.78, 5) is 0. The van der Waals surface area contributed by atoms with Crippen molar-refractivity contribution < 1.29 is 27.1 Å². The Labute approximate surface area is 491 Å². The topological polar surface area (TPSA) is 55.4 Å². The molecule has 12 bridgehead atoms. The summed E-state index contributed by atoms with van der Waals surface area (Å²) in [5.41, 5.74) is 17.8. The van der Waals surface area contributed by atoms with E-state index in [0.29, 0.717) is 25.7 Å². The van der Waals surface area contributed by atoms with E-state index in [1.807, 2.05) is 0 Å². The zero-order valence-electron chi connectivity index (χ0n) is 54.2. The van der Waals surface area contributed by atoms with E-state index in [1.54, 1.807) is 0 Å². The zero-order valence-corrected chi connectivity index (χ0v) is 56.0. The molecule has 0 N–H and O–H groups in total. The molecule has 6 nitrogen and oxygen atoms in total. The average molecular weight is 1130 g/mol. The summed E-state index contributed by atoms with van der Waals surface area (Å²) in [5, 5.41) is 0. The van der Waals surface area contributed by atoms with Crippen molar-refractivity contribution in [3.63, 3.8) is 0 Å². The second-order valence-corrected chi connectivity index (χ2v) is 34.1. The van der Waals surface area contributed by atoms with Crippen molar-refractivity contribution in [2.24, 2.45) is 0 Å². The van der Waals surface area contributed by atoms with Gasteiger partial charge < -0.3 is 27.1 Å². The van der Waals surface area contributed by atoms with Crippen molar-refractivity contribution in [1.29, 1.82) is 0 Å². The van der Waals surface area contributed by atoms with E-state index in [4.69, 9.17) is 27.1 Å². The van der Waals surface area contributed by atoms with Crippen molar-refractivity contribution in [2.75, 3.05) is 0 Å². The Morgan fingerprint density at radius 3 is 0.802 bits per heavy atom. The Bertz CT molecular complexity index is 3230. The fourth-order valence-electron chi connectivity index (χ4n) is 11.3. The van der Waals surface area contributed by atoms with Crippen molar-refractivity contribution in [2.45, 2.75) is 242 Å². The van der Waals surface area contributed by atoms with E-state index < -0.39 is 17.2 Å². The van der Waals surface area contributed by atoms with Crippen molar-refractivity contribution >= 4 is 17.2 Å². The fraction of sp³-hybridized carbons (Fsp3) is 0.507. The van der Waals surface area contributed by atoms with Gasteiger partial charge in [-0.1, -0.05) is 245 Å². The molecule has 12 rings (SSSR count). The third kappa shape index (κ3) is 12.9. The molecular weight excluding hydrogens is 1030 g/mol. The van der Waals surface area contributed by atoms with Crippen LogP contribution in [0.1, 0.15) is 261 Å². The van der Waals surface area contributed by atoms with Crippen molar-refractivity contribution in [3.8, 4) is 34.5 Å². The van der Waals surface area contributed by atoms with Gasteiger partial charge in [0.05, 0.1) is 0 Å². The standard InChI is InChI=1S/C73H96O6P2/c1-43-28-58(72(20,21)22)65(59(29-43)73(23,24)25)79-81-77-63-48-31-46-36-53(67(5,6)7)34-44-30-45-35-54(68(8,9)10)37-47(62(45)76-80(75-61(44)46)74-60-27-26-52(66(2,3)4)42-57(60)71(17,18)19)32-49-39-56(70(14,15)16)41-51(64(49)78-81)33-50(63)40-55(38-48)69(11,12)13/h26-29,34-42H,30-33H2,1-25H3. The predicted molar refractivity (Wildman–Crippen MR) is 342 cm³/mol. The van der Waals surface area contributed by atoms with Crippen LogP contribution in [0, 0.1) is 6.92 Å². The van der Waals surface area contributed by atoms with Crippen LogP contribution in [0.15, 0.2) is 78.9 Å². The molecule has 6 aromatic carbocycles. The Morgan fingerprint density at radius 2 is 0.556 bits per heavy atom. The van der Waals surface area contributed by atoms with E-state index in [1.165, 1.54) is 33.4 Å². The lowest BCUT2D eigenvalue weighted by Crippen LogP contribution is -2.22. The van der Waals surface area contributed by atoms with Crippen LogP contribution in [0.5, 0.6) is 34.5 Å². The third-order valence-electron chi connectivity index (χ3n) is 16.5. The third-order valence-corrected chi connectivity index (χ3v) is 18.5. The van der Waals surface area contributed by atoms with Crippen LogP contribution in [0.25, 0.3) is 0 Å². The molecule has 0 saturated heterocycles. The minimum atomic E-state index is -2.15. The maximum atomic E-state index is 7.66. The first kappa shape index (κ1) is 60.6. The first-order valence-corrected chi connectivity index (χ1v) is 31.9. The SMILES string of the molecule is Cc1cc(C(C)(C)C)c(OP2Oc3c4cc(C(C)(C)C)cc3Cc3cc(C(C)(C)C)cc(c3O2)Cc2cc(C(C)(C)C)cc3c2OP(Oc2ccc(C(C)(C)C)cc2C(C)(C)C)Oc2c(cc(C(C)(C)C)cc2C4)C3)c(C(C)(C)C)c1. The van der Waals surface area contributed by atoms with Crippen LogP contribution in [0.2, 0.25) is 0 Å². The molecule has 0 unspecified atom stereocenters. The second kappa shape index (κ2) is 20.6. The Kier molecular flexibility index (Phi) is 15.4. The lowest BCUT2D eigenvalue weighted by molar-refractivity contribution is 0.366. The molecule has 5 aliphatic heterocycles. The number of hydrogen-bond donors (Lipinski definition) is 0. The Morgan fingerprint density at radius 1 is 0.296 bits per heavy atom. The van der Waals surface area contributed by atoms with Gasteiger partial charge in [0.15, 0.2) is 0 Å². The van der Waals surface area contributed by atoms with Gasteiger partial charge in [0.25, 0.3) is 0 Å². The van der Waals surface area contributed by atoms with Crippen LogP contribution in [0.4, 0.5) is 0 Å². The summed E-state index contributed by atoms with van der Waals surface area (Å²) in [6.45, 7) is 57.2. The van der Waals surface area contributed by atoms with Gasteiger partial charge in [0, 0.05) is 42.4 Å². The molecule has 81 heavy (non-hydrogen) atoms. The van der Waals surface area contributed by atoms with Crippen LogP contribution in [-0.4, -0.2) is 0 Å². The maximum absolute atomic E-state index is 7.66. The van der Waals surface area contributed by atoms with Gasteiger partial charge in [-0.15, -0.1) is 0 Å². The summed E-state index contributed by atoms with van der Waals surface area (Å²) < 4.78 is 45.5. The van der Waals surface area contributed by atoms with E-state index in [9.17, 15) is 0 Å². The molecule has 434 valence electrons. The molecule has 8 heteroatoms. The smallest absolute Gasteiger partial charge is 0.408 e. The van der Waals surface area contributed by atoms with Gasteiger partial charge in [-0.2, -0.15) is 0 Å². The van der Waals surface area contributed by atoms with Crippen molar-refractivity contribution in [3.05, 3.63) is 173 Å². The lowest BCUT2D eigenvalue weighted by atomic mass is 9.78. The molecule has 0 radical (unpaired) electrons. The first-order valence-electron chi connectivity index (χ1n) is 29.7. The highest BCUT2D eigenvalue weighted by molar-refractivity contribution is 7.43. The molecule has 5 heterocycles. The number of benzene rings is 6. The summed E-state index contributed by atoms with van der Waals surface area (Å²) in [6.07, 6.45) is 2.21. The summed E-state index contributed by atoms with van der Waals surface area (Å²) in [7, 11) is -4.26. The van der Waals surface area contributed by atoms with Crippen LogP contribution < -0.4 is 27.1 Å². The van der Waals surface area contributed by atoms with E-state index >= 15 is 0 Å². The average Bonchev–Trinajstić information content (AvgIpc) is 3.50. The van der Waals surface area contributed by atoms with E-state index in [2.05, 4.69) is 252 Å². The zero-order chi connectivity index (χ0) is 59.7. The number of aryl methyl sites for hydroxylation is 1.